The Morgan fingerprint density at radius 2 is 1.74 bits per heavy atom. The van der Waals surface area contributed by atoms with Gasteiger partial charge in [0, 0.05) is 38.0 Å². The van der Waals surface area contributed by atoms with Gasteiger partial charge in [0.1, 0.15) is 29.2 Å². The van der Waals surface area contributed by atoms with Gasteiger partial charge in [-0.05, 0) is 43.3 Å². The van der Waals surface area contributed by atoms with Gasteiger partial charge in [0.25, 0.3) is 5.56 Å². The number of aromatic nitrogens is 2. The molecular formula is C21H23N3O6S. The number of rotatable bonds is 8. The van der Waals surface area contributed by atoms with Crippen LogP contribution in [0.5, 0.6) is 17.2 Å². The van der Waals surface area contributed by atoms with Crippen LogP contribution in [0.4, 0.5) is 0 Å². The molecule has 1 atom stereocenters. The largest absolute Gasteiger partial charge is 0.488 e. The third-order valence-corrected chi connectivity index (χ3v) is 6.09. The second kappa shape index (κ2) is 9.29. The van der Waals surface area contributed by atoms with Crippen LogP contribution in [0.1, 0.15) is 6.92 Å². The first-order chi connectivity index (χ1) is 14.7. The van der Waals surface area contributed by atoms with E-state index in [1.54, 1.807) is 37.3 Å². The maximum atomic E-state index is 12.2. The number of aromatic amines is 1. The molecule has 0 fully saturated rings. The molecule has 0 spiro atoms. The number of benzene rings is 2. The summed E-state index contributed by atoms with van der Waals surface area (Å²) < 4.78 is 37.1. The molecule has 0 radical (unpaired) electrons. The van der Waals surface area contributed by atoms with Crippen molar-refractivity contribution in [2.24, 2.45) is 0 Å². The van der Waals surface area contributed by atoms with Crippen molar-refractivity contribution in [3.05, 3.63) is 65.1 Å². The van der Waals surface area contributed by atoms with E-state index >= 15 is 0 Å². The van der Waals surface area contributed by atoms with Crippen molar-refractivity contribution >= 4 is 10.0 Å². The lowest BCUT2D eigenvalue weighted by molar-refractivity contribution is 0.129. The normalized spacial score (nSPS) is 12.5. The van der Waals surface area contributed by atoms with Crippen molar-refractivity contribution in [2.45, 2.75) is 17.9 Å². The Bertz CT molecular complexity index is 1210. The van der Waals surface area contributed by atoms with Crippen molar-refractivity contribution in [3.8, 4) is 28.6 Å². The summed E-state index contributed by atoms with van der Waals surface area (Å²) in [5.74, 6) is 1.53. The first-order valence-corrected chi connectivity index (χ1v) is 10.8. The molecule has 0 unspecified atom stereocenters. The number of aliphatic hydroxyl groups excluding tert-OH is 1. The van der Waals surface area contributed by atoms with Crippen LogP contribution >= 0.6 is 0 Å². The van der Waals surface area contributed by atoms with E-state index in [2.05, 4.69) is 9.97 Å². The Hall–Kier alpha value is -3.21. The van der Waals surface area contributed by atoms with E-state index in [4.69, 9.17) is 9.47 Å². The van der Waals surface area contributed by atoms with Crippen molar-refractivity contribution in [1.82, 2.24) is 14.3 Å². The van der Waals surface area contributed by atoms with Crippen LogP contribution in [0.3, 0.4) is 0 Å². The average Bonchev–Trinajstić information content (AvgIpc) is 2.73. The zero-order chi connectivity index (χ0) is 22.6. The Morgan fingerprint density at radius 1 is 1.06 bits per heavy atom. The molecule has 1 aromatic heterocycles. The monoisotopic (exact) mass is 445 g/mol. The fraction of sp³-hybridized carbons (Fsp3) is 0.238. The highest BCUT2D eigenvalue weighted by molar-refractivity contribution is 7.89. The Balaban J connectivity index is 1.95. The van der Waals surface area contributed by atoms with E-state index in [0.717, 1.165) is 4.31 Å². The molecule has 10 heteroatoms. The molecule has 0 saturated carbocycles. The molecule has 3 rings (SSSR count). The van der Waals surface area contributed by atoms with Gasteiger partial charge in [-0.15, -0.1) is 0 Å². The summed E-state index contributed by atoms with van der Waals surface area (Å²) >= 11 is 0. The number of sulfonamides is 1. The minimum Gasteiger partial charge on any atom is -0.488 e. The zero-order valence-electron chi connectivity index (χ0n) is 17.3. The van der Waals surface area contributed by atoms with Gasteiger partial charge in [0.2, 0.25) is 10.0 Å². The summed E-state index contributed by atoms with van der Waals surface area (Å²) in [5.41, 5.74) is 0.238. The molecule has 2 N–H and O–H groups in total. The number of hydrogen-bond acceptors (Lipinski definition) is 7. The van der Waals surface area contributed by atoms with Gasteiger partial charge in [-0.1, -0.05) is 0 Å². The van der Waals surface area contributed by atoms with Crippen LogP contribution in [-0.4, -0.2) is 54.6 Å². The third-order valence-electron chi connectivity index (χ3n) is 4.26. The molecule has 31 heavy (non-hydrogen) atoms. The molecule has 0 aliphatic heterocycles. The summed E-state index contributed by atoms with van der Waals surface area (Å²) in [4.78, 5) is 18.6. The topological polar surface area (TPSA) is 122 Å². The molecule has 1 heterocycles. The summed E-state index contributed by atoms with van der Waals surface area (Å²) in [6.07, 6.45) is 0.934. The smallest absolute Gasteiger partial charge is 0.251 e. The van der Waals surface area contributed by atoms with Crippen LogP contribution in [-0.2, 0) is 10.0 Å². The SMILES string of the molecule is C[C@@H](CO)Oc1cc(Oc2ccc(S(=O)(=O)N(C)C)cc2)cc(-c2nccc(=O)[nH]2)c1. The second-order valence-electron chi connectivity index (χ2n) is 6.95. The van der Waals surface area contributed by atoms with E-state index in [0.29, 0.717) is 28.6 Å². The minimum atomic E-state index is -3.54. The lowest BCUT2D eigenvalue weighted by Crippen LogP contribution is -2.22. The third kappa shape index (κ3) is 5.48. The first kappa shape index (κ1) is 22.5. The summed E-state index contributed by atoms with van der Waals surface area (Å²) in [5, 5.41) is 9.29. The lowest BCUT2D eigenvalue weighted by atomic mass is 10.2. The summed E-state index contributed by atoms with van der Waals surface area (Å²) in [6.45, 7) is 1.53. The van der Waals surface area contributed by atoms with Crippen LogP contribution in [0.2, 0.25) is 0 Å². The van der Waals surface area contributed by atoms with Crippen LogP contribution in [0.15, 0.2) is 64.4 Å². The van der Waals surface area contributed by atoms with Gasteiger partial charge in [-0.2, -0.15) is 0 Å². The van der Waals surface area contributed by atoms with Crippen LogP contribution in [0, 0.1) is 0 Å². The van der Waals surface area contributed by atoms with Crippen molar-refractivity contribution in [2.75, 3.05) is 20.7 Å². The van der Waals surface area contributed by atoms with E-state index in [9.17, 15) is 18.3 Å². The highest BCUT2D eigenvalue weighted by atomic mass is 32.2. The van der Waals surface area contributed by atoms with E-state index in [-0.39, 0.29) is 17.1 Å². The standard InChI is InChI=1S/C21H23N3O6S/c1-14(13-25)29-17-10-15(21-22-9-8-20(26)23-21)11-18(12-17)30-16-4-6-19(7-5-16)31(27,28)24(2)3/h4-12,14,25H,13H2,1-3H3,(H,22,23,26)/t14-/m0/s1. The number of ether oxygens (including phenoxy) is 2. The van der Waals surface area contributed by atoms with E-state index < -0.39 is 16.1 Å². The fourth-order valence-electron chi connectivity index (χ4n) is 2.65. The molecule has 0 saturated heterocycles. The maximum absolute atomic E-state index is 12.2. The Morgan fingerprint density at radius 3 is 2.35 bits per heavy atom. The summed E-state index contributed by atoms with van der Waals surface area (Å²) in [7, 11) is -0.624. The van der Waals surface area contributed by atoms with Gasteiger partial charge in [0.15, 0.2) is 0 Å². The van der Waals surface area contributed by atoms with Crippen molar-refractivity contribution < 1.29 is 23.0 Å². The highest BCUT2D eigenvalue weighted by Gasteiger charge is 2.17. The van der Waals surface area contributed by atoms with Crippen LogP contribution in [0.25, 0.3) is 11.4 Å². The molecule has 164 valence electrons. The molecule has 2 aromatic carbocycles. The Kier molecular flexibility index (Phi) is 6.74. The lowest BCUT2D eigenvalue weighted by Gasteiger charge is -2.15. The van der Waals surface area contributed by atoms with Gasteiger partial charge in [-0.25, -0.2) is 17.7 Å². The first-order valence-electron chi connectivity index (χ1n) is 9.38. The molecule has 0 aliphatic rings. The van der Waals surface area contributed by atoms with Gasteiger partial charge in [-0.3, -0.25) is 4.79 Å². The Labute approximate surface area is 180 Å². The molecule has 9 nitrogen and oxygen atoms in total. The van der Waals surface area contributed by atoms with Crippen molar-refractivity contribution in [3.63, 3.8) is 0 Å². The summed E-state index contributed by atoms with van der Waals surface area (Å²) in [6, 6.07) is 12.3. The second-order valence-corrected chi connectivity index (χ2v) is 9.10. The zero-order valence-corrected chi connectivity index (χ0v) is 18.1. The predicted molar refractivity (Wildman–Crippen MR) is 115 cm³/mol. The number of hydrogen-bond donors (Lipinski definition) is 2. The van der Waals surface area contributed by atoms with Gasteiger partial charge in [0.05, 0.1) is 11.5 Å². The number of nitrogens with one attached hydrogen (secondary N) is 1. The molecule has 0 aliphatic carbocycles. The number of nitrogens with zero attached hydrogens (tertiary/aromatic N) is 2. The van der Waals surface area contributed by atoms with Crippen LogP contribution < -0.4 is 15.0 Å². The average molecular weight is 445 g/mol. The molecule has 3 aromatic rings. The number of H-pyrrole nitrogens is 1. The van der Waals surface area contributed by atoms with Gasteiger partial charge < -0.3 is 19.6 Å². The fourth-order valence-corrected chi connectivity index (χ4v) is 3.55. The van der Waals surface area contributed by atoms with Crippen molar-refractivity contribution in [1.29, 1.82) is 0 Å². The van der Waals surface area contributed by atoms with Gasteiger partial charge >= 0.3 is 0 Å². The van der Waals surface area contributed by atoms with E-state index in [1.807, 2.05) is 0 Å². The predicted octanol–water partition coefficient (Wildman–Crippen LogP) is 2.24. The highest BCUT2D eigenvalue weighted by Crippen LogP contribution is 2.32. The quantitative estimate of drug-likeness (QED) is 0.545. The minimum absolute atomic E-state index is 0.144. The maximum Gasteiger partial charge on any atom is 0.251 e. The molecule has 0 bridgehead atoms. The number of aliphatic hydroxyl groups is 1. The molecule has 0 amide bonds. The van der Waals surface area contributed by atoms with E-state index in [1.165, 1.54) is 38.5 Å². The molecular weight excluding hydrogens is 422 g/mol.